The lowest BCUT2D eigenvalue weighted by Gasteiger charge is -2.05. The van der Waals surface area contributed by atoms with Crippen molar-refractivity contribution in [3.8, 4) is 5.75 Å². The minimum absolute atomic E-state index is 0.101. The highest BCUT2D eigenvalue weighted by Gasteiger charge is 2.02. The summed E-state index contributed by atoms with van der Waals surface area (Å²) in [6.45, 7) is 2.08. The van der Waals surface area contributed by atoms with E-state index in [1.54, 1.807) is 24.3 Å². The zero-order valence-corrected chi connectivity index (χ0v) is 9.23. The molecule has 86 valence electrons. The number of nitrogens with two attached hydrogens (primary N) is 1. The number of hydrogen-bond donors (Lipinski definition) is 1. The molecule has 4 heteroatoms. The van der Waals surface area contributed by atoms with E-state index in [1.807, 2.05) is 6.92 Å². The lowest BCUT2D eigenvalue weighted by atomic mass is 10.1. The van der Waals surface area contributed by atoms with Crippen LogP contribution in [-0.2, 0) is 4.79 Å². The van der Waals surface area contributed by atoms with Crippen LogP contribution in [0.4, 0.5) is 0 Å². The van der Waals surface area contributed by atoms with Gasteiger partial charge in [-0.2, -0.15) is 0 Å². The molecular formula is C12H15NO3. The average Bonchev–Trinajstić information content (AvgIpc) is 2.28. The lowest BCUT2D eigenvalue weighted by Crippen LogP contribution is -2.14. The molecule has 0 fully saturated rings. The number of ether oxygens (including phenoxy) is 1. The third-order valence-electron chi connectivity index (χ3n) is 2.11. The largest absolute Gasteiger partial charge is 0.493 e. The van der Waals surface area contributed by atoms with Crippen LogP contribution in [0.5, 0.6) is 5.75 Å². The summed E-state index contributed by atoms with van der Waals surface area (Å²) in [6.07, 6.45) is 0.678. The predicted octanol–water partition coefficient (Wildman–Crippen LogP) is 1.53. The van der Waals surface area contributed by atoms with Gasteiger partial charge in [-0.3, -0.25) is 9.59 Å². The van der Waals surface area contributed by atoms with E-state index in [4.69, 9.17) is 10.5 Å². The Morgan fingerprint density at radius 3 is 2.38 bits per heavy atom. The lowest BCUT2D eigenvalue weighted by molar-refractivity contribution is -0.118. The quantitative estimate of drug-likeness (QED) is 0.740. The first-order valence-electron chi connectivity index (χ1n) is 5.18. The Morgan fingerprint density at radius 1 is 1.25 bits per heavy atom. The van der Waals surface area contributed by atoms with Crippen molar-refractivity contribution in [2.24, 2.45) is 5.73 Å². The minimum Gasteiger partial charge on any atom is -0.493 e. The number of hydrogen-bond acceptors (Lipinski definition) is 3. The number of amides is 1. The molecule has 16 heavy (non-hydrogen) atoms. The van der Waals surface area contributed by atoms with Crippen LogP contribution in [0.25, 0.3) is 0 Å². The van der Waals surface area contributed by atoms with Gasteiger partial charge < -0.3 is 10.5 Å². The van der Waals surface area contributed by atoms with Gasteiger partial charge in [0.25, 0.3) is 0 Å². The third-order valence-corrected chi connectivity index (χ3v) is 2.11. The van der Waals surface area contributed by atoms with E-state index in [-0.39, 0.29) is 18.8 Å². The van der Waals surface area contributed by atoms with Crippen molar-refractivity contribution in [2.45, 2.75) is 19.8 Å². The number of carbonyl (C=O) groups excluding carboxylic acids is 2. The molecule has 0 saturated carbocycles. The monoisotopic (exact) mass is 221 g/mol. The van der Waals surface area contributed by atoms with Crippen molar-refractivity contribution in [3.63, 3.8) is 0 Å². The molecule has 1 aromatic rings. The molecule has 0 saturated heterocycles. The third kappa shape index (κ3) is 3.73. The van der Waals surface area contributed by atoms with Crippen molar-refractivity contribution in [1.29, 1.82) is 0 Å². The summed E-state index contributed by atoms with van der Waals surface area (Å²) in [4.78, 5) is 21.8. The van der Waals surface area contributed by atoms with Gasteiger partial charge in [0.1, 0.15) is 5.75 Å². The maximum absolute atomic E-state index is 11.3. The molecule has 0 aliphatic carbocycles. The van der Waals surface area contributed by atoms with Gasteiger partial charge in [0.2, 0.25) is 5.91 Å². The Bertz CT molecular complexity index is 370. The second-order valence-electron chi connectivity index (χ2n) is 3.37. The normalized spacial score (nSPS) is 9.81. The first kappa shape index (κ1) is 12.2. The molecule has 1 amide bonds. The maximum Gasteiger partial charge on any atom is 0.220 e. The molecule has 0 spiro atoms. The highest BCUT2D eigenvalue weighted by molar-refractivity contribution is 5.95. The maximum atomic E-state index is 11.3. The van der Waals surface area contributed by atoms with E-state index >= 15 is 0 Å². The fraction of sp³-hybridized carbons (Fsp3) is 0.333. The SMILES string of the molecule is CCC(=O)c1ccc(OCCC(N)=O)cc1. The van der Waals surface area contributed by atoms with E-state index in [0.29, 0.717) is 17.7 Å². The predicted molar refractivity (Wildman–Crippen MR) is 60.4 cm³/mol. The van der Waals surface area contributed by atoms with Gasteiger partial charge in [0, 0.05) is 12.0 Å². The summed E-state index contributed by atoms with van der Waals surface area (Å²) >= 11 is 0. The molecule has 4 nitrogen and oxygen atoms in total. The molecule has 0 atom stereocenters. The summed E-state index contributed by atoms with van der Waals surface area (Å²) in [5.74, 6) is 0.343. The number of primary amides is 1. The van der Waals surface area contributed by atoms with Crippen LogP contribution < -0.4 is 10.5 Å². The van der Waals surface area contributed by atoms with Gasteiger partial charge in [-0.25, -0.2) is 0 Å². The van der Waals surface area contributed by atoms with E-state index < -0.39 is 5.91 Å². The zero-order valence-electron chi connectivity index (χ0n) is 9.23. The second-order valence-corrected chi connectivity index (χ2v) is 3.37. The van der Waals surface area contributed by atoms with E-state index in [2.05, 4.69) is 0 Å². The van der Waals surface area contributed by atoms with Crippen LogP contribution in [-0.4, -0.2) is 18.3 Å². The number of rotatable bonds is 6. The van der Waals surface area contributed by atoms with Crippen LogP contribution in [0.1, 0.15) is 30.1 Å². The van der Waals surface area contributed by atoms with E-state index in [1.165, 1.54) is 0 Å². The summed E-state index contributed by atoms with van der Waals surface area (Å²) < 4.78 is 5.27. The highest BCUT2D eigenvalue weighted by Crippen LogP contribution is 2.13. The Hall–Kier alpha value is -1.84. The van der Waals surface area contributed by atoms with Gasteiger partial charge in [0.15, 0.2) is 5.78 Å². The number of Topliss-reactive ketones (excluding diaryl/α,β-unsaturated/α-hetero) is 1. The van der Waals surface area contributed by atoms with Gasteiger partial charge in [0.05, 0.1) is 13.0 Å². The van der Waals surface area contributed by atoms with Crippen LogP contribution in [0.2, 0.25) is 0 Å². The Balaban J connectivity index is 2.51. The van der Waals surface area contributed by atoms with Crippen LogP contribution >= 0.6 is 0 Å². The summed E-state index contributed by atoms with van der Waals surface area (Å²) in [6, 6.07) is 6.85. The smallest absolute Gasteiger partial charge is 0.220 e. The van der Waals surface area contributed by atoms with Gasteiger partial charge in [-0.15, -0.1) is 0 Å². The average molecular weight is 221 g/mol. The molecule has 2 N–H and O–H groups in total. The molecule has 1 rings (SSSR count). The van der Waals surface area contributed by atoms with Crippen molar-refractivity contribution >= 4 is 11.7 Å². The molecule has 0 radical (unpaired) electrons. The number of ketones is 1. The van der Waals surface area contributed by atoms with E-state index in [9.17, 15) is 9.59 Å². The molecule has 0 heterocycles. The molecule has 0 unspecified atom stereocenters. The fourth-order valence-corrected chi connectivity index (χ4v) is 1.21. The number of carbonyl (C=O) groups is 2. The highest BCUT2D eigenvalue weighted by atomic mass is 16.5. The summed E-state index contributed by atoms with van der Waals surface area (Å²) in [7, 11) is 0. The van der Waals surface area contributed by atoms with Gasteiger partial charge in [-0.05, 0) is 24.3 Å². The van der Waals surface area contributed by atoms with Crippen molar-refractivity contribution in [2.75, 3.05) is 6.61 Å². The molecule has 0 bridgehead atoms. The van der Waals surface area contributed by atoms with Gasteiger partial charge >= 0.3 is 0 Å². The van der Waals surface area contributed by atoms with Crippen LogP contribution in [0, 0.1) is 0 Å². The first-order chi connectivity index (χ1) is 7.63. The van der Waals surface area contributed by atoms with Crippen molar-refractivity contribution in [3.05, 3.63) is 29.8 Å². The summed E-state index contributed by atoms with van der Waals surface area (Å²) in [5, 5.41) is 0. The Kier molecular flexibility index (Phi) is 4.51. The Labute approximate surface area is 94.4 Å². The number of benzene rings is 1. The summed E-state index contributed by atoms with van der Waals surface area (Å²) in [5.41, 5.74) is 5.65. The molecular weight excluding hydrogens is 206 g/mol. The van der Waals surface area contributed by atoms with Gasteiger partial charge in [-0.1, -0.05) is 6.92 Å². The second kappa shape index (κ2) is 5.90. The minimum atomic E-state index is -0.391. The van der Waals surface area contributed by atoms with Crippen LogP contribution in [0.15, 0.2) is 24.3 Å². The van der Waals surface area contributed by atoms with E-state index in [0.717, 1.165) is 0 Å². The standard InChI is InChI=1S/C12H15NO3/c1-2-11(14)9-3-5-10(6-4-9)16-8-7-12(13)15/h3-6H,2,7-8H2,1H3,(H2,13,15). The first-order valence-corrected chi connectivity index (χ1v) is 5.18. The molecule has 0 aromatic heterocycles. The topological polar surface area (TPSA) is 69.4 Å². The fourth-order valence-electron chi connectivity index (χ4n) is 1.21. The Morgan fingerprint density at radius 2 is 1.88 bits per heavy atom. The van der Waals surface area contributed by atoms with Crippen LogP contribution in [0.3, 0.4) is 0 Å². The van der Waals surface area contributed by atoms with Crippen molar-refractivity contribution < 1.29 is 14.3 Å². The zero-order chi connectivity index (χ0) is 12.0. The van der Waals surface area contributed by atoms with Crippen molar-refractivity contribution in [1.82, 2.24) is 0 Å². The molecule has 0 aliphatic rings. The molecule has 1 aromatic carbocycles. The molecule has 0 aliphatic heterocycles.